The molecule has 2 saturated heterocycles. The van der Waals surface area contributed by atoms with Crippen molar-refractivity contribution in [3.8, 4) is 0 Å². The second kappa shape index (κ2) is 4.56. The molecule has 3 rings (SSSR count). The molecule has 0 aromatic heterocycles. The van der Waals surface area contributed by atoms with Gasteiger partial charge in [-0.25, -0.2) is 0 Å². The van der Waals surface area contributed by atoms with E-state index in [1.807, 2.05) is 6.07 Å². The average molecular weight is 217 g/mol. The highest BCUT2D eigenvalue weighted by Crippen LogP contribution is 2.28. The van der Waals surface area contributed by atoms with E-state index in [1.54, 1.807) is 0 Å². The number of hydrogen-bond donors (Lipinski definition) is 1. The topological polar surface area (TPSA) is 21.3 Å². The van der Waals surface area contributed by atoms with Crippen molar-refractivity contribution in [1.82, 2.24) is 5.32 Å². The summed E-state index contributed by atoms with van der Waals surface area (Å²) in [5, 5.41) is 3.64. The smallest absolute Gasteiger partial charge is 0.0720 e. The van der Waals surface area contributed by atoms with Crippen LogP contribution in [-0.2, 0) is 11.3 Å². The predicted molar refractivity (Wildman–Crippen MR) is 64.2 cm³/mol. The van der Waals surface area contributed by atoms with Gasteiger partial charge < -0.3 is 10.1 Å². The molecule has 2 atom stereocenters. The highest BCUT2D eigenvalue weighted by atomic mass is 16.5. The molecule has 0 spiro atoms. The summed E-state index contributed by atoms with van der Waals surface area (Å²) in [5.74, 6) is 0. The van der Waals surface area contributed by atoms with Crippen molar-refractivity contribution in [2.75, 3.05) is 0 Å². The van der Waals surface area contributed by atoms with E-state index in [0.717, 1.165) is 18.7 Å². The number of piperidine rings is 1. The fourth-order valence-electron chi connectivity index (χ4n) is 2.93. The monoisotopic (exact) mass is 217 g/mol. The molecule has 2 fully saturated rings. The Labute approximate surface area is 97.0 Å². The van der Waals surface area contributed by atoms with Crippen molar-refractivity contribution >= 4 is 0 Å². The second-order valence-electron chi connectivity index (χ2n) is 5.03. The lowest BCUT2D eigenvalue weighted by Crippen LogP contribution is -2.41. The maximum absolute atomic E-state index is 6.01. The average Bonchev–Trinajstić information content (AvgIpc) is 2.67. The van der Waals surface area contributed by atoms with Gasteiger partial charge in [-0.05, 0) is 31.2 Å². The van der Waals surface area contributed by atoms with Gasteiger partial charge in [-0.2, -0.15) is 0 Å². The van der Waals surface area contributed by atoms with Crippen LogP contribution < -0.4 is 5.32 Å². The van der Waals surface area contributed by atoms with E-state index >= 15 is 0 Å². The van der Waals surface area contributed by atoms with E-state index < -0.39 is 0 Å². The number of hydrogen-bond acceptors (Lipinski definition) is 2. The summed E-state index contributed by atoms with van der Waals surface area (Å²) in [6.07, 6.45) is 5.55. The minimum absolute atomic E-state index is 0.471. The summed E-state index contributed by atoms with van der Waals surface area (Å²) in [7, 11) is 0. The number of nitrogens with one attached hydrogen (secondary N) is 1. The largest absolute Gasteiger partial charge is 0.373 e. The lowest BCUT2D eigenvalue weighted by Gasteiger charge is -2.29. The quantitative estimate of drug-likeness (QED) is 0.840. The van der Waals surface area contributed by atoms with Gasteiger partial charge in [0.1, 0.15) is 0 Å². The predicted octanol–water partition coefficient (Wildman–Crippen LogP) is 2.49. The van der Waals surface area contributed by atoms with Gasteiger partial charge in [0, 0.05) is 12.1 Å². The third kappa shape index (κ3) is 2.28. The molecule has 16 heavy (non-hydrogen) atoms. The summed E-state index contributed by atoms with van der Waals surface area (Å²) in [6.45, 7) is 0.769. The molecule has 2 bridgehead atoms. The summed E-state index contributed by atoms with van der Waals surface area (Å²) >= 11 is 0. The highest BCUT2D eigenvalue weighted by Gasteiger charge is 2.33. The van der Waals surface area contributed by atoms with Crippen LogP contribution in [0.2, 0.25) is 0 Å². The van der Waals surface area contributed by atoms with Crippen LogP contribution in [0, 0.1) is 0 Å². The van der Waals surface area contributed by atoms with E-state index in [4.69, 9.17) is 4.74 Å². The first-order valence-electron chi connectivity index (χ1n) is 6.32. The molecule has 1 N–H and O–H groups in total. The Bertz CT molecular complexity index is 326. The Morgan fingerprint density at radius 3 is 2.44 bits per heavy atom. The van der Waals surface area contributed by atoms with Gasteiger partial charge in [0.2, 0.25) is 0 Å². The van der Waals surface area contributed by atoms with E-state index in [-0.39, 0.29) is 0 Å². The summed E-state index contributed by atoms with van der Waals surface area (Å²) in [6, 6.07) is 11.9. The van der Waals surface area contributed by atoms with E-state index in [9.17, 15) is 0 Å². The standard InChI is InChI=1S/C14H19NO/c1-2-4-11(5-3-1)10-16-14-8-12-6-7-13(9-14)15-12/h1-5,12-15H,6-10H2. The van der Waals surface area contributed by atoms with Gasteiger partial charge in [-0.15, -0.1) is 0 Å². The Morgan fingerprint density at radius 2 is 1.75 bits per heavy atom. The first-order chi connectivity index (χ1) is 7.90. The van der Waals surface area contributed by atoms with Gasteiger partial charge in [-0.1, -0.05) is 30.3 Å². The van der Waals surface area contributed by atoms with E-state index in [1.165, 1.54) is 31.2 Å². The highest BCUT2D eigenvalue weighted by molar-refractivity contribution is 5.13. The van der Waals surface area contributed by atoms with Crippen LogP contribution in [-0.4, -0.2) is 18.2 Å². The molecular formula is C14H19NO. The molecule has 1 aromatic carbocycles. The van der Waals surface area contributed by atoms with Crippen molar-refractivity contribution < 1.29 is 4.74 Å². The molecule has 2 nitrogen and oxygen atoms in total. The normalized spacial score (nSPS) is 32.9. The molecule has 86 valence electrons. The van der Waals surface area contributed by atoms with Crippen LogP contribution in [0.25, 0.3) is 0 Å². The number of benzene rings is 1. The second-order valence-corrected chi connectivity index (χ2v) is 5.03. The van der Waals surface area contributed by atoms with Gasteiger partial charge in [-0.3, -0.25) is 0 Å². The van der Waals surface area contributed by atoms with Crippen LogP contribution in [0.5, 0.6) is 0 Å². The van der Waals surface area contributed by atoms with Crippen molar-refractivity contribution in [2.24, 2.45) is 0 Å². The van der Waals surface area contributed by atoms with Crippen LogP contribution >= 0.6 is 0 Å². The number of rotatable bonds is 3. The van der Waals surface area contributed by atoms with Crippen molar-refractivity contribution in [3.05, 3.63) is 35.9 Å². The fraction of sp³-hybridized carbons (Fsp3) is 0.571. The lowest BCUT2D eigenvalue weighted by atomic mass is 10.0. The van der Waals surface area contributed by atoms with Gasteiger partial charge in [0.25, 0.3) is 0 Å². The van der Waals surface area contributed by atoms with Crippen LogP contribution in [0.3, 0.4) is 0 Å². The summed E-state index contributed by atoms with van der Waals surface area (Å²) in [4.78, 5) is 0. The van der Waals surface area contributed by atoms with Gasteiger partial charge >= 0.3 is 0 Å². The number of ether oxygens (including phenoxy) is 1. The van der Waals surface area contributed by atoms with Crippen LogP contribution in [0.1, 0.15) is 31.2 Å². The maximum Gasteiger partial charge on any atom is 0.0720 e. The molecule has 0 saturated carbocycles. The molecule has 1 aromatic rings. The Morgan fingerprint density at radius 1 is 1.06 bits per heavy atom. The molecule has 2 aliphatic rings. The first kappa shape index (κ1) is 10.3. The van der Waals surface area contributed by atoms with Crippen molar-refractivity contribution in [2.45, 2.75) is 50.5 Å². The minimum atomic E-state index is 0.471. The Kier molecular flexibility index (Phi) is 2.94. The summed E-state index contributed by atoms with van der Waals surface area (Å²) in [5.41, 5.74) is 1.29. The zero-order valence-corrected chi connectivity index (χ0v) is 9.56. The molecule has 2 unspecified atom stereocenters. The first-order valence-corrected chi connectivity index (χ1v) is 6.32. The molecule has 2 heterocycles. The Hall–Kier alpha value is -0.860. The molecule has 2 heteroatoms. The van der Waals surface area contributed by atoms with E-state index in [2.05, 4.69) is 29.6 Å². The van der Waals surface area contributed by atoms with Crippen molar-refractivity contribution in [3.63, 3.8) is 0 Å². The minimum Gasteiger partial charge on any atom is -0.373 e. The van der Waals surface area contributed by atoms with Gasteiger partial charge in [0.15, 0.2) is 0 Å². The summed E-state index contributed by atoms with van der Waals surface area (Å²) < 4.78 is 6.01. The third-order valence-corrected chi connectivity index (χ3v) is 3.76. The zero-order chi connectivity index (χ0) is 10.8. The van der Waals surface area contributed by atoms with Crippen molar-refractivity contribution in [1.29, 1.82) is 0 Å². The van der Waals surface area contributed by atoms with Crippen LogP contribution in [0.15, 0.2) is 30.3 Å². The molecule has 2 aliphatic heterocycles. The number of fused-ring (bicyclic) bond motifs is 2. The maximum atomic E-state index is 6.01. The SMILES string of the molecule is c1ccc(COC2CC3CCC(C2)N3)cc1. The zero-order valence-electron chi connectivity index (χ0n) is 9.56. The Balaban J connectivity index is 1.52. The molecule has 0 amide bonds. The van der Waals surface area contributed by atoms with Gasteiger partial charge in [0.05, 0.1) is 12.7 Å². The lowest BCUT2D eigenvalue weighted by molar-refractivity contribution is 0.00917. The third-order valence-electron chi connectivity index (χ3n) is 3.76. The molecule has 0 radical (unpaired) electrons. The van der Waals surface area contributed by atoms with Crippen LogP contribution in [0.4, 0.5) is 0 Å². The fourth-order valence-corrected chi connectivity index (χ4v) is 2.93. The molecule has 0 aliphatic carbocycles. The molecular weight excluding hydrogens is 198 g/mol. The van der Waals surface area contributed by atoms with E-state index in [0.29, 0.717) is 6.10 Å².